The molecule has 0 radical (unpaired) electrons. The van der Waals surface area contributed by atoms with Gasteiger partial charge in [-0.2, -0.15) is 0 Å². The van der Waals surface area contributed by atoms with Crippen LogP contribution in [0.2, 0.25) is 4.34 Å². The Labute approximate surface area is 133 Å². The van der Waals surface area contributed by atoms with E-state index in [1.807, 2.05) is 12.1 Å². The quantitative estimate of drug-likeness (QED) is 0.754. The number of carbonyl (C=O) groups excluding carboxylic acids is 1. The van der Waals surface area contributed by atoms with Gasteiger partial charge in [0.25, 0.3) is 0 Å². The van der Waals surface area contributed by atoms with Gasteiger partial charge in [-0.25, -0.2) is 0 Å². The molecule has 2 N–H and O–H groups in total. The van der Waals surface area contributed by atoms with Crippen LogP contribution in [0.25, 0.3) is 0 Å². The maximum atomic E-state index is 11.9. The predicted octanol–water partition coefficient (Wildman–Crippen LogP) is 3.34. The molecule has 1 aromatic heterocycles. The van der Waals surface area contributed by atoms with Crippen LogP contribution in [0.15, 0.2) is 12.1 Å². The number of hydrogen-bond donors (Lipinski definition) is 2. The number of hydrogen-bond acceptors (Lipinski definition) is 3. The highest BCUT2D eigenvalue weighted by Gasteiger charge is 2.33. The van der Waals surface area contributed by atoms with Crippen molar-refractivity contribution in [1.29, 1.82) is 0 Å². The van der Waals surface area contributed by atoms with Crippen molar-refractivity contribution in [3.05, 3.63) is 21.3 Å². The van der Waals surface area contributed by atoms with E-state index in [4.69, 9.17) is 16.7 Å². The van der Waals surface area contributed by atoms with Crippen molar-refractivity contribution in [3.63, 3.8) is 0 Å². The molecule has 1 fully saturated rings. The van der Waals surface area contributed by atoms with Crippen LogP contribution in [-0.4, -0.2) is 23.5 Å². The standard InChI is InChI=1S/C15H20ClNO3S/c16-13-7-6-12(21-13)3-1-2-8-17-14(18)10-4-5-11(9-10)15(19)20/h6-7,10-11H,1-5,8-9H2,(H,17,18)(H,19,20)/t10-,11+/m0/s1. The average Bonchev–Trinajstić information content (AvgIpc) is 3.07. The number of amides is 1. The molecule has 2 atom stereocenters. The smallest absolute Gasteiger partial charge is 0.306 e. The van der Waals surface area contributed by atoms with Crippen LogP contribution in [0.5, 0.6) is 0 Å². The Morgan fingerprint density at radius 2 is 2.05 bits per heavy atom. The van der Waals surface area contributed by atoms with Crippen LogP contribution in [0, 0.1) is 11.8 Å². The summed E-state index contributed by atoms with van der Waals surface area (Å²) in [6, 6.07) is 3.94. The number of aryl methyl sites for hydroxylation is 1. The first-order chi connectivity index (χ1) is 10.1. The van der Waals surface area contributed by atoms with Crippen molar-refractivity contribution in [3.8, 4) is 0 Å². The lowest BCUT2D eigenvalue weighted by Gasteiger charge is -2.10. The van der Waals surface area contributed by atoms with Gasteiger partial charge >= 0.3 is 5.97 Å². The zero-order valence-corrected chi connectivity index (χ0v) is 13.4. The van der Waals surface area contributed by atoms with Crippen molar-refractivity contribution >= 4 is 34.8 Å². The van der Waals surface area contributed by atoms with Crippen LogP contribution < -0.4 is 5.32 Å². The van der Waals surface area contributed by atoms with E-state index in [1.54, 1.807) is 11.3 Å². The van der Waals surface area contributed by atoms with E-state index in [0.29, 0.717) is 25.8 Å². The van der Waals surface area contributed by atoms with E-state index in [-0.39, 0.29) is 17.7 Å². The normalized spacial score (nSPS) is 21.4. The second kappa shape index (κ2) is 7.80. The van der Waals surface area contributed by atoms with Crippen LogP contribution in [-0.2, 0) is 16.0 Å². The molecule has 2 rings (SSSR count). The van der Waals surface area contributed by atoms with Crippen molar-refractivity contribution < 1.29 is 14.7 Å². The molecule has 0 saturated heterocycles. The lowest BCUT2D eigenvalue weighted by molar-refractivity contribution is -0.141. The number of carboxylic acids is 1. The molecule has 1 aromatic rings. The number of nitrogens with one attached hydrogen (secondary N) is 1. The van der Waals surface area contributed by atoms with E-state index in [2.05, 4.69) is 5.32 Å². The van der Waals surface area contributed by atoms with Crippen molar-refractivity contribution in [2.45, 2.75) is 38.5 Å². The second-order valence-corrected chi connectivity index (χ2v) is 7.30. The molecule has 4 nitrogen and oxygen atoms in total. The van der Waals surface area contributed by atoms with Crippen LogP contribution in [0.1, 0.15) is 37.0 Å². The molecule has 1 amide bonds. The Kier molecular flexibility index (Phi) is 6.06. The largest absolute Gasteiger partial charge is 0.481 e. The van der Waals surface area contributed by atoms with Gasteiger partial charge in [0.2, 0.25) is 5.91 Å². The van der Waals surface area contributed by atoms with Gasteiger partial charge in [0.1, 0.15) is 0 Å². The van der Waals surface area contributed by atoms with E-state index in [0.717, 1.165) is 23.6 Å². The van der Waals surface area contributed by atoms with Gasteiger partial charge in [-0.1, -0.05) is 11.6 Å². The average molecular weight is 330 g/mol. The molecule has 0 spiro atoms. The maximum absolute atomic E-state index is 11.9. The Balaban J connectivity index is 1.58. The second-order valence-electron chi connectivity index (χ2n) is 5.50. The first-order valence-electron chi connectivity index (χ1n) is 7.31. The summed E-state index contributed by atoms with van der Waals surface area (Å²) in [7, 11) is 0. The van der Waals surface area contributed by atoms with Crippen molar-refractivity contribution in [1.82, 2.24) is 5.32 Å². The Hall–Kier alpha value is -1.07. The Bertz CT molecular complexity index is 503. The molecule has 6 heteroatoms. The van der Waals surface area contributed by atoms with Crippen molar-refractivity contribution in [2.75, 3.05) is 6.54 Å². The molecule has 0 aromatic carbocycles. The van der Waals surface area contributed by atoms with Gasteiger partial charge < -0.3 is 10.4 Å². The molecule has 0 aliphatic heterocycles. The number of carboxylic acid groups (broad SMARTS) is 1. The fraction of sp³-hybridized carbons (Fsp3) is 0.600. The van der Waals surface area contributed by atoms with Crippen LogP contribution >= 0.6 is 22.9 Å². The molecule has 21 heavy (non-hydrogen) atoms. The number of aliphatic carboxylic acids is 1. The molecule has 1 saturated carbocycles. The number of thiophene rings is 1. The van der Waals surface area contributed by atoms with Crippen molar-refractivity contribution in [2.24, 2.45) is 11.8 Å². The fourth-order valence-electron chi connectivity index (χ4n) is 2.71. The summed E-state index contributed by atoms with van der Waals surface area (Å²) in [5.41, 5.74) is 0. The Morgan fingerprint density at radius 3 is 2.67 bits per heavy atom. The van der Waals surface area contributed by atoms with E-state index >= 15 is 0 Å². The molecular formula is C15H20ClNO3S. The molecule has 116 valence electrons. The van der Waals surface area contributed by atoms with Crippen LogP contribution in [0.3, 0.4) is 0 Å². The zero-order valence-electron chi connectivity index (χ0n) is 11.8. The summed E-state index contributed by atoms with van der Waals surface area (Å²) in [6.07, 6.45) is 4.71. The molecule has 1 heterocycles. The number of carbonyl (C=O) groups is 2. The molecule has 0 bridgehead atoms. The molecule has 1 aliphatic rings. The highest BCUT2D eigenvalue weighted by Crippen LogP contribution is 2.31. The number of halogens is 1. The zero-order chi connectivity index (χ0) is 15.2. The SMILES string of the molecule is O=C(O)[C@@H]1CC[C@H](C(=O)NCCCCc2ccc(Cl)s2)C1. The summed E-state index contributed by atoms with van der Waals surface area (Å²) in [6.45, 7) is 0.659. The third-order valence-electron chi connectivity index (χ3n) is 3.93. The predicted molar refractivity (Wildman–Crippen MR) is 83.7 cm³/mol. The summed E-state index contributed by atoms with van der Waals surface area (Å²) in [5, 5.41) is 11.8. The van der Waals surface area contributed by atoms with Gasteiger partial charge in [-0.15, -0.1) is 11.3 Å². The Morgan fingerprint density at radius 1 is 1.29 bits per heavy atom. The third-order valence-corrected chi connectivity index (χ3v) is 5.22. The number of rotatable bonds is 7. The summed E-state index contributed by atoms with van der Waals surface area (Å²) < 4.78 is 0.813. The minimum Gasteiger partial charge on any atom is -0.481 e. The van der Waals surface area contributed by atoms with E-state index in [9.17, 15) is 9.59 Å². The van der Waals surface area contributed by atoms with Gasteiger partial charge in [0.05, 0.1) is 10.3 Å². The minimum atomic E-state index is -0.778. The summed E-state index contributed by atoms with van der Waals surface area (Å²) >= 11 is 7.47. The first-order valence-corrected chi connectivity index (χ1v) is 8.50. The highest BCUT2D eigenvalue weighted by atomic mass is 35.5. The monoisotopic (exact) mass is 329 g/mol. The van der Waals surface area contributed by atoms with Gasteiger partial charge in [0, 0.05) is 17.3 Å². The lowest BCUT2D eigenvalue weighted by atomic mass is 10.0. The first kappa shape index (κ1) is 16.3. The van der Waals surface area contributed by atoms with E-state index < -0.39 is 5.97 Å². The third kappa shape index (κ3) is 5.00. The lowest BCUT2D eigenvalue weighted by Crippen LogP contribution is -2.30. The molecular weight excluding hydrogens is 310 g/mol. The van der Waals surface area contributed by atoms with Gasteiger partial charge in [0.15, 0.2) is 0 Å². The van der Waals surface area contributed by atoms with Gasteiger partial charge in [-0.05, 0) is 50.7 Å². The summed E-state index contributed by atoms with van der Waals surface area (Å²) in [5.74, 6) is -1.23. The minimum absolute atomic E-state index is 0.0120. The van der Waals surface area contributed by atoms with E-state index in [1.165, 1.54) is 4.88 Å². The fourth-order valence-corrected chi connectivity index (χ4v) is 3.84. The molecule has 0 unspecified atom stereocenters. The molecule has 1 aliphatic carbocycles. The topological polar surface area (TPSA) is 66.4 Å². The number of unbranched alkanes of at least 4 members (excludes halogenated alkanes) is 1. The van der Waals surface area contributed by atoms with Gasteiger partial charge in [-0.3, -0.25) is 9.59 Å². The maximum Gasteiger partial charge on any atom is 0.306 e. The summed E-state index contributed by atoms with van der Waals surface area (Å²) in [4.78, 5) is 24.1. The highest BCUT2D eigenvalue weighted by molar-refractivity contribution is 7.16. The van der Waals surface area contributed by atoms with Crippen LogP contribution in [0.4, 0.5) is 0 Å².